The highest BCUT2D eigenvalue weighted by molar-refractivity contribution is 5.90. The largest absolute Gasteiger partial charge is 0.497 e. The molecule has 0 spiro atoms. The zero-order valence-corrected chi connectivity index (χ0v) is 9.40. The second-order valence-electron chi connectivity index (χ2n) is 3.49. The highest BCUT2D eigenvalue weighted by atomic mass is 16.5. The van der Waals surface area contributed by atoms with Crippen LogP contribution in [0.2, 0.25) is 0 Å². The normalized spacial score (nSPS) is 13.7. The number of rotatable bonds is 5. The molecule has 1 aromatic carbocycles. The van der Waals surface area contributed by atoms with Crippen molar-refractivity contribution in [1.29, 1.82) is 0 Å². The van der Waals surface area contributed by atoms with E-state index in [-0.39, 0.29) is 16.9 Å². The quantitative estimate of drug-likeness (QED) is 0.578. The summed E-state index contributed by atoms with van der Waals surface area (Å²) in [5, 5.41) is 36.4. The number of ether oxygens (including phenoxy) is 1. The van der Waals surface area contributed by atoms with Gasteiger partial charge in [-0.15, -0.1) is 0 Å². The Morgan fingerprint density at radius 1 is 1.22 bits per heavy atom. The molecule has 0 aliphatic rings. The topological polar surface area (TPSA) is 124 Å². The fraction of sp³-hybridized carbons (Fsp3) is 0.273. The Morgan fingerprint density at radius 3 is 2.28 bits per heavy atom. The van der Waals surface area contributed by atoms with E-state index in [2.05, 4.69) is 0 Å². The minimum absolute atomic E-state index is 0.225. The van der Waals surface area contributed by atoms with E-state index < -0.39 is 24.1 Å². The number of aromatic carboxylic acids is 1. The summed E-state index contributed by atoms with van der Waals surface area (Å²) >= 11 is 0. The highest BCUT2D eigenvalue weighted by Crippen LogP contribution is 2.26. The average Bonchev–Trinajstić information content (AvgIpc) is 2.35. The summed E-state index contributed by atoms with van der Waals surface area (Å²) < 4.78 is 4.85. The van der Waals surface area contributed by atoms with Gasteiger partial charge in [-0.2, -0.15) is 0 Å². The van der Waals surface area contributed by atoms with Gasteiger partial charge < -0.3 is 25.2 Å². The van der Waals surface area contributed by atoms with Crippen LogP contribution in [0.5, 0.6) is 5.75 Å². The standard InChI is InChI=1S/C11H12O7/c1-18-5-2-3-6(10(14)15)7(4-5)8(12)9(13)11(16)17/h2-4,8-9,12-13H,1H3,(H,14,15)(H,16,17). The summed E-state index contributed by atoms with van der Waals surface area (Å²) in [5.74, 6) is -2.75. The van der Waals surface area contributed by atoms with E-state index in [0.29, 0.717) is 0 Å². The first-order valence-corrected chi connectivity index (χ1v) is 4.88. The Bertz CT molecular complexity index is 468. The minimum Gasteiger partial charge on any atom is -0.497 e. The van der Waals surface area contributed by atoms with Gasteiger partial charge in [-0.05, 0) is 18.2 Å². The van der Waals surface area contributed by atoms with Gasteiger partial charge in [-0.3, -0.25) is 0 Å². The van der Waals surface area contributed by atoms with E-state index in [0.717, 1.165) is 6.07 Å². The van der Waals surface area contributed by atoms with Crippen LogP contribution in [0.3, 0.4) is 0 Å². The van der Waals surface area contributed by atoms with Crippen LogP contribution < -0.4 is 4.74 Å². The van der Waals surface area contributed by atoms with Gasteiger partial charge in [0.1, 0.15) is 11.9 Å². The predicted octanol–water partition coefficient (Wildman–Crippen LogP) is -0.128. The van der Waals surface area contributed by atoms with Crippen molar-refractivity contribution < 1.29 is 34.8 Å². The lowest BCUT2D eigenvalue weighted by molar-refractivity contribution is -0.153. The number of hydrogen-bond acceptors (Lipinski definition) is 5. The summed E-state index contributed by atoms with van der Waals surface area (Å²) in [7, 11) is 1.33. The van der Waals surface area contributed by atoms with E-state index in [4.69, 9.17) is 14.9 Å². The second-order valence-corrected chi connectivity index (χ2v) is 3.49. The van der Waals surface area contributed by atoms with Crippen LogP contribution in [0, 0.1) is 0 Å². The molecule has 0 heterocycles. The number of aliphatic carboxylic acids is 1. The van der Waals surface area contributed by atoms with Crippen LogP contribution >= 0.6 is 0 Å². The summed E-state index contributed by atoms with van der Waals surface area (Å²) in [6.45, 7) is 0. The van der Waals surface area contributed by atoms with Crippen LogP contribution in [-0.2, 0) is 4.79 Å². The number of carboxylic acids is 2. The molecule has 1 rings (SSSR count). The zero-order chi connectivity index (χ0) is 13.9. The van der Waals surface area contributed by atoms with Crippen LogP contribution in [0.25, 0.3) is 0 Å². The first-order chi connectivity index (χ1) is 8.38. The first-order valence-electron chi connectivity index (χ1n) is 4.88. The third-order valence-corrected chi connectivity index (χ3v) is 2.36. The van der Waals surface area contributed by atoms with E-state index in [1.807, 2.05) is 0 Å². The van der Waals surface area contributed by atoms with Gasteiger partial charge in [0.15, 0.2) is 6.10 Å². The summed E-state index contributed by atoms with van der Waals surface area (Å²) in [6.07, 6.45) is -3.97. The summed E-state index contributed by atoms with van der Waals surface area (Å²) in [5.41, 5.74) is -0.527. The fourth-order valence-corrected chi connectivity index (χ4v) is 1.41. The molecule has 0 fully saturated rings. The zero-order valence-electron chi connectivity index (χ0n) is 9.40. The molecule has 0 aliphatic carbocycles. The molecule has 98 valence electrons. The maximum Gasteiger partial charge on any atom is 0.336 e. The summed E-state index contributed by atoms with van der Waals surface area (Å²) in [4.78, 5) is 21.5. The molecule has 7 nitrogen and oxygen atoms in total. The molecular weight excluding hydrogens is 244 g/mol. The van der Waals surface area contributed by atoms with Crippen LogP contribution in [0.4, 0.5) is 0 Å². The van der Waals surface area contributed by atoms with Crippen molar-refractivity contribution in [2.24, 2.45) is 0 Å². The van der Waals surface area contributed by atoms with Gasteiger partial charge in [0.05, 0.1) is 12.7 Å². The van der Waals surface area contributed by atoms with Gasteiger partial charge in [0, 0.05) is 5.56 Å². The third kappa shape index (κ3) is 2.76. The average molecular weight is 256 g/mol. The van der Waals surface area contributed by atoms with Crippen molar-refractivity contribution in [1.82, 2.24) is 0 Å². The van der Waals surface area contributed by atoms with Crippen molar-refractivity contribution >= 4 is 11.9 Å². The lowest BCUT2D eigenvalue weighted by Crippen LogP contribution is -2.28. The van der Waals surface area contributed by atoms with E-state index in [1.54, 1.807) is 0 Å². The summed E-state index contributed by atoms with van der Waals surface area (Å²) in [6, 6.07) is 3.68. The number of aliphatic hydroxyl groups is 2. The molecule has 4 N–H and O–H groups in total. The Labute approximate surface area is 102 Å². The molecule has 0 aromatic heterocycles. The van der Waals surface area contributed by atoms with E-state index >= 15 is 0 Å². The number of carbonyl (C=O) groups is 2. The van der Waals surface area contributed by atoms with Gasteiger partial charge in [-0.25, -0.2) is 9.59 Å². The van der Waals surface area contributed by atoms with Crippen molar-refractivity contribution in [3.05, 3.63) is 29.3 Å². The maximum atomic E-state index is 10.9. The van der Waals surface area contributed by atoms with Gasteiger partial charge in [0.2, 0.25) is 0 Å². The molecule has 7 heteroatoms. The molecule has 1 aromatic rings. The first kappa shape index (κ1) is 13.9. The molecule has 0 saturated heterocycles. The van der Waals surface area contributed by atoms with E-state index in [1.165, 1.54) is 19.2 Å². The Hall–Kier alpha value is -2.12. The van der Waals surface area contributed by atoms with Crippen LogP contribution in [-0.4, -0.2) is 45.6 Å². The number of hydrogen-bond donors (Lipinski definition) is 4. The number of benzene rings is 1. The molecule has 0 bridgehead atoms. The van der Waals surface area contributed by atoms with Crippen molar-refractivity contribution in [2.75, 3.05) is 7.11 Å². The third-order valence-electron chi connectivity index (χ3n) is 2.36. The van der Waals surface area contributed by atoms with Gasteiger partial charge >= 0.3 is 11.9 Å². The lowest BCUT2D eigenvalue weighted by Gasteiger charge is -2.17. The Morgan fingerprint density at radius 2 is 1.83 bits per heavy atom. The molecule has 0 radical (unpaired) electrons. The van der Waals surface area contributed by atoms with Crippen molar-refractivity contribution in [2.45, 2.75) is 12.2 Å². The second kappa shape index (κ2) is 5.48. The number of methoxy groups -OCH3 is 1. The van der Waals surface area contributed by atoms with Crippen LogP contribution in [0.15, 0.2) is 18.2 Å². The number of carboxylic acid groups (broad SMARTS) is 2. The lowest BCUT2D eigenvalue weighted by atomic mass is 9.98. The molecule has 18 heavy (non-hydrogen) atoms. The molecule has 2 atom stereocenters. The monoisotopic (exact) mass is 256 g/mol. The van der Waals surface area contributed by atoms with Gasteiger partial charge in [-0.1, -0.05) is 0 Å². The van der Waals surface area contributed by atoms with Crippen LogP contribution in [0.1, 0.15) is 22.0 Å². The van der Waals surface area contributed by atoms with Gasteiger partial charge in [0.25, 0.3) is 0 Å². The smallest absolute Gasteiger partial charge is 0.336 e. The fourth-order valence-electron chi connectivity index (χ4n) is 1.41. The Kier molecular flexibility index (Phi) is 4.24. The molecule has 0 saturated carbocycles. The number of aliphatic hydroxyl groups excluding tert-OH is 2. The van der Waals surface area contributed by atoms with Crippen molar-refractivity contribution in [3.8, 4) is 5.75 Å². The molecular formula is C11H12O7. The minimum atomic E-state index is -2.12. The maximum absolute atomic E-state index is 10.9. The molecule has 0 aliphatic heterocycles. The highest BCUT2D eigenvalue weighted by Gasteiger charge is 2.29. The SMILES string of the molecule is COc1ccc(C(=O)O)c(C(O)C(O)C(=O)O)c1. The Balaban J connectivity index is 3.26. The van der Waals surface area contributed by atoms with Crippen molar-refractivity contribution in [3.63, 3.8) is 0 Å². The molecule has 0 amide bonds. The van der Waals surface area contributed by atoms with E-state index in [9.17, 15) is 19.8 Å². The molecule has 2 unspecified atom stereocenters. The predicted molar refractivity (Wildman–Crippen MR) is 58.6 cm³/mol.